The summed E-state index contributed by atoms with van der Waals surface area (Å²) in [6, 6.07) is 0. The van der Waals surface area contributed by atoms with Gasteiger partial charge in [-0.25, -0.2) is 4.98 Å². The van der Waals surface area contributed by atoms with Crippen LogP contribution in [0.1, 0.15) is 13.3 Å². The molecule has 0 radical (unpaired) electrons. The van der Waals surface area contributed by atoms with E-state index in [0.717, 1.165) is 12.0 Å². The molecule has 3 rings (SSSR count). The van der Waals surface area contributed by atoms with E-state index in [1.54, 1.807) is 22.5 Å². The fraction of sp³-hybridized carbons (Fsp3) is 0.385. The van der Waals surface area contributed by atoms with Gasteiger partial charge in [-0.05, 0) is 6.42 Å². The molecule has 8 nitrogen and oxygen atoms in total. The average molecular weight is 287 g/mol. The van der Waals surface area contributed by atoms with E-state index in [0.29, 0.717) is 23.5 Å². The van der Waals surface area contributed by atoms with Gasteiger partial charge in [-0.15, -0.1) is 0 Å². The first kappa shape index (κ1) is 13.3. The SMILES string of the molecule is CCCn1c(N)nc2nc(-c3cnn(C)c3)n(C)c2c1=O. The summed E-state index contributed by atoms with van der Waals surface area (Å²) < 4.78 is 4.91. The summed E-state index contributed by atoms with van der Waals surface area (Å²) in [5, 5.41) is 4.13. The Balaban J connectivity index is 2.30. The van der Waals surface area contributed by atoms with Crippen molar-refractivity contribution in [1.82, 2.24) is 28.9 Å². The lowest BCUT2D eigenvalue weighted by Gasteiger charge is -2.07. The van der Waals surface area contributed by atoms with Crippen molar-refractivity contribution in [2.45, 2.75) is 19.9 Å². The first-order chi connectivity index (χ1) is 10.0. The normalized spacial score (nSPS) is 11.4. The van der Waals surface area contributed by atoms with Crippen molar-refractivity contribution in [2.75, 3.05) is 5.73 Å². The number of anilines is 1. The lowest BCUT2D eigenvalue weighted by Crippen LogP contribution is -2.25. The predicted molar refractivity (Wildman–Crippen MR) is 79.7 cm³/mol. The van der Waals surface area contributed by atoms with Gasteiger partial charge in [0.1, 0.15) is 5.82 Å². The van der Waals surface area contributed by atoms with Crippen LogP contribution in [0.3, 0.4) is 0 Å². The van der Waals surface area contributed by atoms with Gasteiger partial charge >= 0.3 is 0 Å². The molecule has 0 unspecified atom stereocenters. The fourth-order valence-electron chi connectivity index (χ4n) is 2.44. The Bertz CT molecular complexity index is 871. The van der Waals surface area contributed by atoms with Crippen molar-refractivity contribution in [3.8, 4) is 11.4 Å². The molecule has 3 aromatic rings. The molecule has 3 heterocycles. The van der Waals surface area contributed by atoms with E-state index in [9.17, 15) is 4.79 Å². The molecule has 3 aromatic heterocycles. The Morgan fingerprint density at radius 2 is 2.05 bits per heavy atom. The van der Waals surface area contributed by atoms with Crippen LogP contribution in [0.2, 0.25) is 0 Å². The van der Waals surface area contributed by atoms with Crippen LogP contribution in [0, 0.1) is 0 Å². The molecule has 0 aliphatic carbocycles. The Hall–Kier alpha value is -2.64. The van der Waals surface area contributed by atoms with Crippen molar-refractivity contribution in [1.29, 1.82) is 0 Å². The van der Waals surface area contributed by atoms with Crippen LogP contribution in [0.5, 0.6) is 0 Å². The molecule has 110 valence electrons. The lowest BCUT2D eigenvalue weighted by molar-refractivity contribution is 0.656. The maximum absolute atomic E-state index is 12.6. The number of nitrogens with zero attached hydrogens (tertiary/aromatic N) is 6. The van der Waals surface area contributed by atoms with Gasteiger partial charge in [-0.3, -0.25) is 14.0 Å². The Kier molecular flexibility index (Phi) is 3.00. The number of aromatic nitrogens is 6. The highest BCUT2D eigenvalue weighted by Gasteiger charge is 2.17. The first-order valence-electron chi connectivity index (χ1n) is 6.74. The third-order valence-electron chi connectivity index (χ3n) is 3.43. The summed E-state index contributed by atoms with van der Waals surface area (Å²) in [5.41, 5.74) is 7.35. The predicted octanol–water partition coefficient (Wildman–Crippen LogP) is 0.523. The van der Waals surface area contributed by atoms with Crippen LogP contribution in [0.25, 0.3) is 22.6 Å². The quantitative estimate of drug-likeness (QED) is 0.757. The zero-order valence-corrected chi connectivity index (χ0v) is 12.2. The number of nitrogen functional groups attached to an aromatic ring is 1. The second kappa shape index (κ2) is 4.72. The molecule has 0 aliphatic rings. The number of hydrogen-bond acceptors (Lipinski definition) is 5. The van der Waals surface area contributed by atoms with Crippen LogP contribution in [0.4, 0.5) is 5.95 Å². The number of fused-ring (bicyclic) bond motifs is 1. The van der Waals surface area contributed by atoms with Crippen molar-refractivity contribution < 1.29 is 0 Å². The van der Waals surface area contributed by atoms with E-state index in [2.05, 4.69) is 15.1 Å². The van der Waals surface area contributed by atoms with Gasteiger partial charge in [0.25, 0.3) is 5.56 Å². The molecular weight excluding hydrogens is 270 g/mol. The minimum atomic E-state index is -0.163. The minimum absolute atomic E-state index is 0.163. The molecule has 0 fully saturated rings. The Labute approximate surface area is 120 Å². The molecule has 21 heavy (non-hydrogen) atoms. The van der Waals surface area contributed by atoms with Gasteiger partial charge in [0.15, 0.2) is 11.2 Å². The monoisotopic (exact) mass is 287 g/mol. The third kappa shape index (κ3) is 1.99. The largest absolute Gasteiger partial charge is 0.369 e. The van der Waals surface area contributed by atoms with Crippen LogP contribution in [-0.2, 0) is 20.6 Å². The van der Waals surface area contributed by atoms with Crippen molar-refractivity contribution in [3.05, 3.63) is 22.7 Å². The average Bonchev–Trinajstić information content (AvgIpc) is 2.99. The van der Waals surface area contributed by atoms with Gasteiger partial charge in [0.05, 0.1) is 11.8 Å². The maximum atomic E-state index is 12.6. The highest BCUT2D eigenvalue weighted by molar-refractivity contribution is 5.77. The molecular formula is C13H17N7O. The van der Waals surface area contributed by atoms with E-state index < -0.39 is 0 Å². The Morgan fingerprint density at radius 3 is 2.67 bits per heavy atom. The summed E-state index contributed by atoms with van der Waals surface area (Å²) >= 11 is 0. The van der Waals surface area contributed by atoms with Crippen molar-refractivity contribution in [3.63, 3.8) is 0 Å². The fourth-order valence-corrected chi connectivity index (χ4v) is 2.44. The molecule has 0 atom stereocenters. The molecule has 8 heteroatoms. The van der Waals surface area contributed by atoms with E-state index in [-0.39, 0.29) is 11.5 Å². The van der Waals surface area contributed by atoms with Gasteiger partial charge < -0.3 is 10.3 Å². The number of rotatable bonds is 3. The van der Waals surface area contributed by atoms with Crippen LogP contribution in [-0.4, -0.2) is 28.9 Å². The molecule has 2 N–H and O–H groups in total. The van der Waals surface area contributed by atoms with Gasteiger partial charge in [-0.1, -0.05) is 6.92 Å². The molecule has 0 saturated carbocycles. The summed E-state index contributed by atoms with van der Waals surface area (Å²) in [7, 11) is 3.63. The molecule has 0 saturated heterocycles. The molecule has 0 bridgehead atoms. The minimum Gasteiger partial charge on any atom is -0.369 e. The van der Waals surface area contributed by atoms with Crippen LogP contribution >= 0.6 is 0 Å². The number of imidazole rings is 1. The van der Waals surface area contributed by atoms with Gasteiger partial charge in [0.2, 0.25) is 5.95 Å². The second-order valence-corrected chi connectivity index (χ2v) is 5.00. The Morgan fingerprint density at radius 1 is 1.29 bits per heavy atom. The summed E-state index contributed by atoms with van der Waals surface area (Å²) in [6.45, 7) is 2.53. The van der Waals surface area contributed by atoms with E-state index in [1.807, 2.05) is 20.2 Å². The highest BCUT2D eigenvalue weighted by atomic mass is 16.1. The van der Waals surface area contributed by atoms with E-state index >= 15 is 0 Å². The van der Waals surface area contributed by atoms with Gasteiger partial charge in [-0.2, -0.15) is 10.1 Å². The molecule has 0 aromatic carbocycles. The molecule has 0 spiro atoms. The smallest absolute Gasteiger partial charge is 0.281 e. The zero-order chi connectivity index (χ0) is 15.1. The molecule has 0 amide bonds. The standard InChI is InChI=1S/C13H17N7O/c1-4-5-20-12(21)9-10(17-13(20)14)16-11(19(9)3)8-6-15-18(2)7-8/h6-7H,4-5H2,1-3H3,(H2,14,17). The lowest BCUT2D eigenvalue weighted by atomic mass is 10.3. The number of nitrogens with two attached hydrogens (primary N) is 1. The highest BCUT2D eigenvalue weighted by Crippen LogP contribution is 2.20. The van der Waals surface area contributed by atoms with Crippen molar-refractivity contribution >= 4 is 17.1 Å². The van der Waals surface area contributed by atoms with Crippen molar-refractivity contribution in [2.24, 2.45) is 14.1 Å². The topological polar surface area (TPSA) is 96.6 Å². The van der Waals surface area contributed by atoms with E-state index in [1.165, 1.54) is 4.57 Å². The number of hydrogen-bond donors (Lipinski definition) is 1. The third-order valence-corrected chi connectivity index (χ3v) is 3.43. The van der Waals surface area contributed by atoms with Crippen LogP contribution in [0.15, 0.2) is 17.2 Å². The van der Waals surface area contributed by atoms with Crippen LogP contribution < -0.4 is 11.3 Å². The van der Waals surface area contributed by atoms with Gasteiger partial charge in [0, 0.05) is 26.8 Å². The second-order valence-electron chi connectivity index (χ2n) is 5.00. The summed E-state index contributed by atoms with van der Waals surface area (Å²) in [6.07, 6.45) is 4.36. The zero-order valence-electron chi connectivity index (χ0n) is 12.2. The number of aryl methyl sites for hydroxylation is 2. The molecule has 0 aliphatic heterocycles. The van der Waals surface area contributed by atoms with E-state index in [4.69, 9.17) is 5.73 Å². The summed E-state index contributed by atoms with van der Waals surface area (Å²) in [5.74, 6) is 0.849. The summed E-state index contributed by atoms with van der Waals surface area (Å²) in [4.78, 5) is 21.2. The first-order valence-corrected chi connectivity index (χ1v) is 6.74. The maximum Gasteiger partial charge on any atom is 0.281 e.